The third kappa shape index (κ3) is 5.27. The number of hydrogen-bond donors (Lipinski definition) is 1. The van der Waals surface area contributed by atoms with E-state index in [9.17, 15) is 13.6 Å². The molecule has 0 aliphatic rings. The first-order valence-electron chi connectivity index (χ1n) is 6.37. The Morgan fingerprint density at radius 1 is 1.37 bits per heavy atom. The van der Waals surface area contributed by atoms with Crippen molar-refractivity contribution in [2.45, 2.75) is 26.2 Å². The van der Waals surface area contributed by atoms with Crippen LogP contribution in [0, 0.1) is 17.6 Å². The Kier molecular flexibility index (Phi) is 6.99. The molecule has 0 bridgehead atoms. The van der Waals surface area contributed by atoms with Crippen LogP contribution in [0.3, 0.4) is 0 Å². The van der Waals surface area contributed by atoms with Crippen molar-refractivity contribution < 1.29 is 13.6 Å². The molecule has 106 valence electrons. The molecule has 0 aliphatic carbocycles. The quantitative estimate of drug-likeness (QED) is 0.753. The molecule has 1 aromatic carbocycles. The lowest BCUT2D eigenvalue weighted by Gasteiger charge is -2.15. The fraction of sp³-hybridized carbons (Fsp3) is 0.500. The number of halogens is 3. The summed E-state index contributed by atoms with van der Waals surface area (Å²) in [4.78, 5) is 11.8. The van der Waals surface area contributed by atoms with E-state index in [0.29, 0.717) is 12.5 Å². The molecule has 5 heteroatoms. The van der Waals surface area contributed by atoms with E-state index in [0.717, 1.165) is 42.8 Å². The maximum Gasteiger partial charge on any atom is 0.254 e. The number of amides is 1. The zero-order valence-electron chi connectivity index (χ0n) is 10.9. The number of rotatable bonds is 7. The van der Waals surface area contributed by atoms with E-state index in [1.54, 1.807) is 0 Å². The Morgan fingerprint density at radius 2 is 2.11 bits per heavy atom. The van der Waals surface area contributed by atoms with Gasteiger partial charge in [-0.1, -0.05) is 29.3 Å². The molecule has 1 aromatic rings. The summed E-state index contributed by atoms with van der Waals surface area (Å²) in [7, 11) is 0. The molecule has 0 aromatic heterocycles. The van der Waals surface area contributed by atoms with E-state index in [-0.39, 0.29) is 5.56 Å². The van der Waals surface area contributed by atoms with Crippen molar-refractivity contribution in [3.63, 3.8) is 0 Å². The predicted molar refractivity (Wildman–Crippen MR) is 75.5 cm³/mol. The van der Waals surface area contributed by atoms with Crippen LogP contribution >= 0.6 is 15.9 Å². The van der Waals surface area contributed by atoms with Gasteiger partial charge in [0.2, 0.25) is 0 Å². The number of benzene rings is 1. The van der Waals surface area contributed by atoms with E-state index in [2.05, 4.69) is 28.2 Å². The average molecular weight is 334 g/mol. The van der Waals surface area contributed by atoms with E-state index >= 15 is 0 Å². The second-order valence-electron chi connectivity index (χ2n) is 4.47. The Hall–Kier alpha value is -0.970. The molecule has 1 atom stereocenters. The molecule has 0 saturated heterocycles. The highest BCUT2D eigenvalue weighted by molar-refractivity contribution is 9.09. The summed E-state index contributed by atoms with van der Waals surface area (Å²) < 4.78 is 26.4. The van der Waals surface area contributed by atoms with Crippen molar-refractivity contribution in [1.82, 2.24) is 5.32 Å². The minimum absolute atomic E-state index is 0.242. The number of carbonyl (C=O) groups excluding carboxylic acids is 1. The van der Waals surface area contributed by atoms with Gasteiger partial charge in [0.05, 0.1) is 5.56 Å². The first-order valence-corrected chi connectivity index (χ1v) is 7.49. The smallest absolute Gasteiger partial charge is 0.254 e. The maximum absolute atomic E-state index is 13.4. The summed E-state index contributed by atoms with van der Waals surface area (Å²) in [6, 6.07) is 2.88. The number of nitrogens with one attached hydrogen (secondary N) is 1. The zero-order valence-corrected chi connectivity index (χ0v) is 12.5. The lowest BCUT2D eigenvalue weighted by atomic mass is 10.0. The van der Waals surface area contributed by atoms with Crippen LogP contribution < -0.4 is 5.32 Å². The summed E-state index contributed by atoms with van der Waals surface area (Å²) >= 11 is 3.37. The topological polar surface area (TPSA) is 29.1 Å². The largest absolute Gasteiger partial charge is 0.352 e. The highest BCUT2D eigenvalue weighted by atomic mass is 79.9. The highest BCUT2D eigenvalue weighted by Crippen LogP contribution is 2.13. The zero-order chi connectivity index (χ0) is 14.3. The summed E-state index contributed by atoms with van der Waals surface area (Å²) in [5, 5.41) is 3.53. The van der Waals surface area contributed by atoms with Crippen LogP contribution in [0.4, 0.5) is 8.78 Å². The van der Waals surface area contributed by atoms with Crippen molar-refractivity contribution in [2.24, 2.45) is 5.92 Å². The van der Waals surface area contributed by atoms with Gasteiger partial charge in [0.1, 0.15) is 11.6 Å². The normalized spacial score (nSPS) is 12.2. The van der Waals surface area contributed by atoms with Gasteiger partial charge in [-0.05, 0) is 37.0 Å². The van der Waals surface area contributed by atoms with Gasteiger partial charge < -0.3 is 5.32 Å². The van der Waals surface area contributed by atoms with Crippen LogP contribution in [-0.2, 0) is 0 Å². The van der Waals surface area contributed by atoms with E-state index < -0.39 is 17.5 Å². The molecular weight excluding hydrogens is 316 g/mol. The first-order chi connectivity index (χ1) is 9.08. The molecule has 0 saturated carbocycles. The van der Waals surface area contributed by atoms with Gasteiger partial charge in [-0.15, -0.1) is 0 Å². The molecule has 0 spiro atoms. The monoisotopic (exact) mass is 333 g/mol. The van der Waals surface area contributed by atoms with Crippen molar-refractivity contribution in [3.05, 3.63) is 35.4 Å². The molecule has 2 nitrogen and oxygen atoms in total. The second kappa shape index (κ2) is 8.25. The third-order valence-electron chi connectivity index (χ3n) is 2.94. The first kappa shape index (κ1) is 16.1. The van der Waals surface area contributed by atoms with Gasteiger partial charge in [-0.25, -0.2) is 8.78 Å². The molecule has 0 fully saturated rings. The van der Waals surface area contributed by atoms with Gasteiger partial charge >= 0.3 is 0 Å². The van der Waals surface area contributed by atoms with Crippen molar-refractivity contribution in [2.75, 3.05) is 11.9 Å². The van der Waals surface area contributed by atoms with Crippen LogP contribution in [0.25, 0.3) is 0 Å². The fourth-order valence-corrected chi connectivity index (χ4v) is 2.56. The Morgan fingerprint density at radius 3 is 2.74 bits per heavy atom. The predicted octanol–water partition coefficient (Wildman–Crippen LogP) is 3.90. The van der Waals surface area contributed by atoms with Crippen LogP contribution in [-0.4, -0.2) is 17.8 Å². The van der Waals surface area contributed by atoms with Crippen LogP contribution in [0.15, 0.2) is 18.2 Å². The van der Waals surface area contributed by atoms with Gasteiger partial charge in [-0.3, -0.25) is 4.79 Å². The Bertz CT molecular complexity index is 420. The SMILES string of the molecule is CCCC(CCBr)CNC(=O)c1cc(F)ccc1F. The van der Waals surface area contributed by atoms with Gasteiger partial charge in [-0.2, -0.15) is 0 Å². The van der Waals surface area contributed by atoms with Gasteiger partial charge in [0.15, 0.2) is 0 Å². The molecule has 1 amide bonds. The van der Waals surface area contributed by atoms with Crippen molar-refractivity contribution in [3.8, 4) is 0 Å². The Balaban J connectivity index is 2.61. The molecule has 1 rings (SSSR count). The average Bonchev–Trinajstić information content (AvgIpc) is 2.39. The van der Waals surface area contributed by atoms with Crippen LogP contribution in [0.5, 0.6) is 0 Å². The molecule has 19 heavy (non-hydrogen) atoms. The molecule has 0 heterocycles. The summed E-state index contributed by atoms with van der Waals surface area (Å²) in [6.45, 7) is 2.56. The maximum atomic E-state index is 13.4. The lowest BCUT2D eigenvalue weighted by Crippen LogP contribution is -2.30. The highest BCUT2D eigenvalue weighted by Gasteiger charge is 2.14. The summed E-state index contributed by atoms with van der Waals surface area (Å²) in [6.07, 6.45) is 2.97. The number of hydrogen-bond acceptors (Lipinski definition) is 1. The minimum Gasteiger partial charge on any atom is -0.352 e. The van der Waals surface area contributed by atoms with E-state index in [1.807, 2.05) is 0 Å². The summed E-state index contributed by atoms with van der Waals surface area (Å²) in [5.74, 6) is -1.53. The van der Waals surface area contributed by atoms with Crippen LogP contribution in [0.2, 0.25) is 0 Å². The minimum atomic E-state index is -0.702. The second-order valence-corrected chi connectivity index (χ2v) is 5.26. The molecule has 0 aliphatic heterocycles. The van der Waals surface area contributed by atoms with Gasteiger partial charge in [0, 0.05) is 11.9 Å². The number of alkyl halides is 1. The Labute approximate surface area is 120 Å². The third-order valence-corrected chi connectivity index (χ3v) is 3.40. The molecule has 1 N–H and O–H groups in total. The number of carbonyl (C=O) groups is 1. The van der Waals surface area contributed by atoms with E-state index in [4.69, 9.17) is 0 Å². The fourth-order valence-electron chi connectivity index (χ4n) is 1.91. The molecular formula is C14H18BrF2NO. The standard InChI is InChI=1S/C14H18BrF2NO/c1-2-3-10(6-7-15)9-18-14(19)12-8-11(16)4-5-13(12)17/h4-5,8,10H,2-3,6-7,9H2,1H3,(H,18,19). The van der Waals surface area contributed by atoms with E-state index in [1.165, 1.54) is 0 Å². The van der Waals surface area contributed by atoms with Crippen LogP contribution in [0.1, 0.15) is 36.5 Å². The van der Waals surface area contributed by atoms with Crippen molar-refractivity contribution >= 4 is 21.8 Å². The van der Waals surface area contributed by atoms with Crippen molar-refractivity contribution in [1.29, 1.82) is 0 Å². The summed E-state index contributed by atoms with van der Waals surface area (Å²) in [5.41, 5.74) is -0.242. The van der Waals surface area contributed by atoms with Gasteiger partial charge in [0.25, 0.3) is 5.91 Å². The lowest BCUT2D eigenvalue weighted by molar-refractivity contribution is 0.0941. The molecule has 1 unspecified atom stereocenters. The molecule has 0 radical (unpaired) electrons.